The van der Waals surface area contributed by atoms with Gasteiger partial charge < -0.3 is 10.6 Å². The van der Waals surface area contributed by atoms with Gasteiger partial charge in [0.05, 0.1) is 11.3 Å². The van der Waals surface area contributed by atoms with Crippen molar-refractivity contribution in [1.82, 2.24) is 10.2 Å². The Balaban J connectivity index is 1.74. The fraction of sp³-hybridized carbons (Fsp3) is 0.500. The van der Waals surface area contributed by atoms with Gasteiger partial charge in [0.2, 0.25) is 0 Å². The quantitative estimate of drug-likeness (QED) is 0.825. The molecule has 0 bridgehead atoms. The fourth-order valence-electron chi connectivity index (χ4n) is 3.26. The number of fused-ring (bicyclic) bond motifs is 1. The minimum Gasteiger partial charge on any atom is -0.362 e. The Labute approximate surface area is 132 Å². The Bertz CT molecular complexity index is 609. The summed E-state index contributed by atoms with van der Waals surface area (Å²) in [5, 5.41) is 6.83. The molecule has 1 fully saturated rings. The number of para-hydroxylation sites is 1. The van der Waals surface area contributed by atoms with Crippen LogP contribution in [0.15, 0.2) is 29.8 Å². The highest BCUT2D eigenvalue weighted by atomic mass is 16.2. The minimum absolute atomic E-state index is 0.0511. The van der Waals surface area contributed by atoms with Crippen LogP contribution in [0, 0.1) is 6.92 Å². The highest BCUT2D eigenvalue weighted by Crippen LogP contribution is 2.33. The number of hydrogen-bond acceptors (Lipinski definition) is 3. The van der Waals surface area contributed by atoms with E-state index in [1.165, 1.54) is 5.57 Å². The molecule has 0 aliphatic carbocycles. The summed E-state index contributed by atoms with van der Waals surface area (Å²) in [5.41, 5.74) is 3.98. The average Bonchev–Trinajstić information content (AvgIpc) is 2.48. The summed E-state index contributed by atoms with van der Waals surface area (Å²) >= 11 is 0. The predicted molar refractivity (Wildman–Crippen MR) is 90.1 cm³/mol. The number of rotatable bonds is 2. The second-order valence-corrected chi connectivity index (χ2v) is 6.74. The van der Waals surface area contributed by atoms with Gasteiger partial charge in [-0.25, -0.2) is 0 Å². The van der Waals surface area contributed by atoms with E-state index in [1.807, 2.05) is 12.1 Å². The van der Waals surface area contributed by atoms with Crippen molar-refractivity contribution in [3.05, 3.63) is 41.0 Å². The fourth-order valence-corrected chi connectivity index (χ4v) is 3.26. The van der Waals surface area contributed by atoms with Crippen molar-refractivity contribution in [3.8, 4) is 0 Å². The molecule has 1 aromatic rings. The zero-order chi connectivity index (χ0) is 15.7. The maximum atomic E-state index is 12.4. The molecule has 2 aliphatic rings. The van der Waals surface area contributed by atoms with Gasteiger partial charge in [-0.05, 0) is 32.4 Å². The summed E-state index contributed by atoms with van der Waals surface area (Å²) in [6.07, 6.45) is 4.14. The summed E-state index contributed by atoms with van der Waals surface area (Å²) in [6.45, 7) is 9.32. The number of amides is 1. The van der Waals surface area contributed by atoms with E-state index in [0.717, 1.165) is 49.3 Å². The molecule has 0 saturated carbocycles. The number of likely N-dealkylation sites (tertiary alicyclic amines) is 1. The van der Waals surface area contributed by atoms with E-state index < -0.39 is 0 Å². The molecule has 2 N–H and O–H groups in total. The Morgan fingerprint density at radius 3 is 2.68 bits per heavy atom. The van der Waals surface area contributed by atoms with Crippen LogP contribution in [0.3, 0.4) is 0 Å². The third kappa shape index (κ3) is 2.88. The maximum absolute atomic E-state index is 12.4. The Morgan fingerprint density at radius 2 is 2.00 bits per heavy atom. The van der Waals surface area contributed by atoms with E-state index in [4.69, 9.17) is 0 Å². The van der Waals surface area contributed by atoms with E-state index in [9.17, 15) is 4.79 Å². The first-order valence-electron chi connectivity index (χ1n) is 8.05. The number of carbonyl (C=O) groups excluding carboxylic acids is 1. The molecule has 2 aliphatic heterocycles. The van der Waals surface area contributed by atoms with Crippen molar-refractivity contribution >= 4 is 11.6 Å². The Hall–Kier alpha value is -1.81. The van der Waals surface area contributed by atoms with E-state index in [2.05, 4.69) is 48.4 Å². The molecule has 1 aromatic carbocycles. The lowest BCUT2D eigenvalue weighted by molar-refractivity contribution is 0.0837. The Morgan fingerprint density at radius 1 is 1.27 bits per heavy atom. The van der Waals surface area contributed by atoms with E-state index >= 15 is 0 Å². The lowest BCUT2D eigenvalue weighted by Crippen LogP contribution is -2.62. The van der Waals surface area contributed by atoms with E-state index in [0.29, 0.717) is 0 Å². The molecule has 1 spiro atoms. The number of benzene rings is 1. The molecule has 0 radical (unpaired) electrons. The van der Waals surface area contributed by atoms with Crippen molar-refractivity contribution in [2.45, 2.75) is 39.3 Å². The highest BCUT2D eigenvalue weighted by Gasteiger charge is 2.40. The third-order valence-corrected chi connectivity index (χ3v) is 4.70. The normalized spacial score (nSPS) is 20.0. The van der Waals surface area contributed by atoms with Gasteiger partial charge in [0.25, 0.3) is 5.91 Å². The average molecular weight is 299 g/mol. The first-order chi connectivity index (χ1) is 10.5. The van der Waals surface area contributed by atoms with Crippen LogP contribution in [0.2, 0.25) is 0 Å². The SMILES string of the molecule is CC(C)=CCN1CCC2(CC1)NC(=O)c1cccc(C)c1N2. The van der Waals surface area contributed by atoms with Gasteiger partial charge in [0, 0.05) is 32.5 Å². The first kappa shape index (κ1) is 15.1. The molecule has 22 heavy (non-hydrogen) atoms. The Kier molecular flexibility index (Phi) is 3.96. The summed E-state index contributed by atoms with van der Waals surface area (Å²) in [5.74, 6) is 0.0511. The molecule has 0 unspecified atom stereocenters. The zero-order valence-electron chi connectivity index (χ0n) is 13.7. The summed E-state index contributed by atoms with van der Waals surface area (Å²) < 4.78 is 0. The molecule has 4 heteroatoms. The highest BCUT2D eigenvalue weighted by molar-refractivity contribution is 6.02. The molecule has 1 amide bonds. The van der Waals surface area contributed by atoms with Gasteiger partial charge in [-0.15, -0.1) is 0 Å². The minimum atomic E-state index is -0.280. The second kappa shape index (κ2) is 5.76. The number of allylic oxidation sites excluding steroid dienone is 1. The first-order valence-corrected chi connectivity index (χ1v) is 8.05. The largest absolute Gasteiger partial charge is 0.362 e. The molecule has 0 aromatic heterocycles. The molecule has 1 saturated heterocycles. The van der Waals surface area contributed by atoms with Gasteiger partial charge in [-0.3, -0.25) is 9.69 Å². The predicted octanol–water partition coefficient (Wildman–Crippen LogP) is 2.91. The smallest absolute Gasteiger partial charge is 0.255 e. The third-order valence-electron chi connectivity index (χ3n) is 4.70. The molecular weight excluding hydrogens is 274 g/mol. The van der Waals surface area contributed by atoms with Crippen LogP contribution in [0.25, 0.3) is 0 Å². The van der Waals surface area contributed by atoms with E-state index in [-0.39, 0.29) is 11.6 Å². The van der Waals surface area contributed by atoms with E-state index in [1.54, 1.807) is 0 Å². The molecule has 118 valence electrons. The van der Waals surface area contributed by atoms with Crippen LogP contribution in [0.5, 0.6) is 0 Å². The second-order valence-electron chi connectivity index (χ2n) is 6.74. The zero-order valence-corrected chi connectivity index (χ0v) is 13.7. The number of nitrogens with one attached hydrogen (secondary N) is 2. The standard InChI is InChI=1S/C18H25N3O/c1-13(2)7-10-21-11-8-18(9-12-21)19-16-14(3)5-4-6-15(16)17(22)20-18/h4-7,19H,8-12H2,1-3H3,(H,20,22). The monoisotopic (exact) mass is 299 g/mol. The lowest BCUT2D eigenvalue weighted by atomic mass is 9.91. The van der Waals surface area contributed by atoms with Crippen LogP contribution in [-0.2, 0) is 0 Å². The van der Waals surface area contributed by atoms with Crippen molar-refractivity contribution in [1.29, 1.82) is 0 Å². The molecule has 4 nitrogen and oxygen atoms in total. The number of anilines is 1. The van der Waals surface area contributed by atoms with Crippen LogP contribution in [0.1, 0.15) is 42.6 Å². The van der Waals surface area contributed by atoms with Gasteiger partial charge in [0.1, 0.15) is 5.66 Å². The molecular formula is C18H25N3O. The number of nitrogens with zero attached hydrogens (tertiary/aromatic N) is 1. The van der Waals surface area contributed by atoms with Crippen LogP contribution >= 0.6 is 0 Å². The summed E-state index contributed by atoms with van der Waals surface area (Å²) in [4.78, 5) is 14.9. The van der Waals surface area contributed by atoms with Crippen molar-refractivity contribution in [2.75, 3.05) is 25.0 Å². The number of piperidine rings is 1. The van der Waals surface area contributed by atoms with Crippen LogP contribution in [0.4, 0.5) is 5.69 Å². The summed E-state index contributed by atoms with van der Waals surface area (Å²) in [6, 6.07) is 5.89. The van der Waals surface area contributed by atoms with Crippen molar-refractivity contribution in [2.24, 2.45) is 0 Å². The van der Waals surface area contributed by atoms with Gasteiger partial charge >= 0.3 is 0 Å². The maximum Gasteiger partial charge on any atom is 0.255 e. The van der Waals surface area contributed by atoms with Gasteiger partial charge in [-0.1, -0.05) is 23.8 Å². The summed E-state index contributed by atoms with van der Waals surface area (Å²) in [7, 11) is 0. The number of carbonyl (C=O) groups is 1. The van der Waals surface area contributed by atoms with Gasteiger partial charge in [0.15, 0.2) is 0 Å². The lowest BCUT2D eigenvalue weighted by Gasteiger charge is -2.46. The van der Waals surface area contributed by atoms with Crippen LogP contribution in [-0.4, -0.2) is 36.1 Å². The number of aryl methyl sites for hydroxylation is 1. The molecule has 0 atom stereocenters. The number of hydrogen-bond donors (Lipinski definition) is 2. The molecule has 3 rings (SSSR count). The van der Waals surface area contributed by atoms with Gasteiger partial charge in [-0.2, -0.15) is 0 Å². The topological polar surface area (TPSA) is 44.4 Å². The van der Waals surface area contributed by atoms with Crippen molar-refractivity contribution < 1.29 is 4.79 Å². The van der Waals surface area contributed by atoms with Crippen LogP contribution < -0.4 is 10.6 Å². The van der Waals surface area contributed by atoms with Crippen molar-refractivity contribution in [3.63, 3.8) is 0 Å². The molecule has 2 heterocycles.